The molecule has 0 unspecified atom stereocenters. The second-order valence-electron chi connectivity index (χ2n) is 7.34. The summed E-state index contributed by atoms with van der Waals surface area (Å²) >= 11 is 0. The van der Waals surface area contributed by atoms with Crippen molar-refractivity contribution < 1.29 is 18.0 Å². The lowest BCUT2D eigenvalue weighted by atomic mass is 10.1. The van der Waals surface area contributed by atoms with E-state index in [4.69, 9.17) is 0 Å². The number of halogens is 3. The molecule has 0 N–H and O–H groups in total. The highest BCUT2D eigenvalue weighted by Crippen LogP contribution is 2.29. The molecule has 30 heavy (non-hydrogen) atoms. The lowest BCUT2D eigenvalue weighted by molar-refractivity contribution is -0.137. The van der Waals surface area contributed by atoms with Crippen LogP contribution in [-0.4, -0.2) is 27.6 Å². The molecule has 1 amide bonds. The van der Waals surface area contributed by atoms with E-state index in [-0.39, 0.29) is 12.5 Å². The lowest BCUT2D eigenvalue weighted by Crippen LogP contribution is -2.26. The fourth-order valence-electron chi connectivity index (χ4n) is 3.44. The highest BCUT2D eigenvalue weighted by atomic mass is 19.4. The number of hydrogen-bond donors (Lipinski definition) is 0. The molecule has 2 aromatic carbocycles. The predicted molar refractivity (Wildman–Crippen MR) is 109 cm³/mol. The van der Waals surface area contributed by atoms with Gasteiger partial charge in [0.2, 0.25) is 5.91 Å². The fraction of sp³-hybridized carbons (Fsp3) is 0.304. The molecule has 0 atom stereocenters. The number of rotatable bonds is 6. The van der Waals surface area contributed by atoms with Crippen LogP contribution in [0.2, 0.25) is 0 Å². The number of carbonyl (C=O) groups is 1. The molecule has 1 heterocycles. The second-order valence-corrected chi connectivity index (χ2v) is 7.34. The van der Waals surface area contributed by atoms with Crippen molar-refractivity contribution in [2.75, 3.05) is 7.05 Å². The van der Waals surface area contributed by atoms with Gasteiger partial charge in [-0.2, -0.15) is 18.3 Å². The molecule has 3 rings (SSSR count). The molecule has 3 aromatic rings. The summed E-state index contributed by atoms with van der Waals surface area (Å²) in [7, 11) is 1.66. The Morgan fingerprint density at radius 1 is 1.03 bits per heavy atom. The Labute approximate surface area is 173 Å². The van der Waals surface area contributed by atoms with Gasteiger partial charge in [0, 0.05) is 25.7 Å². The third kappa shape index (κ3) is 4.90. The van der Waals surface area contributed by atoms with E-state index in [1.165, 1.54) is 17.0 Å². The van der Waals surface area contributed by atoms with E-state index in [2.05, 4.69) is 5.10 Å². The molecular formula is C23H24F3N3O. The zero-order valence-corrected chi connectivity index (χ0v) is 17.2. The number of aromatic nitrogens is 2. The normalized spacial score (nSPS) is 11.5. The molecule has 0 saturated heterocycles. The van der Waals surface area contributed by atoms with Gasteiger partial charge in [0.25, 0.3) is 0 Å². The standard InChI is InChI=1S/C23H24F3N3O/c1-16-21(17(2)29(27-16)20-7-5-4-6-8-20)13-14-22(30)28(3)15-18-9-11-19(12-10-18)23(24,25)26/h4-12H,13-15H2,1-3H3. The first kappa shape index (κ1) is 21.6. The van der Waals surface area contributed by atoms with Crippen LogP contribution in [0.15, 0.2) is 54.6 Å². The Balaban J connectivity index is 1.62. The molecule has 0 fully saturated rings. The smallest absolute Gasteiger partial charge is 0.341 e. The van der Waals surface area contributed by atoms with E-state index in [0.29, 0.717) is 18.4 Å². The topological polar surface area (TPSA) is 38.1 Å². The summed E-state index contributed by atoms with van der Waals surface area (Å²) in [6.07, 6.45) is -3.50. The van der Waals surface area contributed by atoms with Crippen molar-refractivity contribution in [1.82, 2.24) is 14.7 Å². The maximum atomic E-state index is 12.7. The van der Waals surface area contributed by atoms with Crippen LogP contribution in [0.5, 0.6) is 0 Å². The number of nitrogens with zero attached hydrogens (tertiary/aromatic N) is 3. The van der Waals surface area contributed by atoms with Crippen LogP contribution in [0.1, 0.15) is 34.5 Å². The van der Waals surface area contributed by atoms with Crippen LogP contribution in [0, 0.1) is 13.8 Å². The largest absolute Gasteiger partial charge is 0.416 e. The second kappa shape index (κ2) is 8.73. The average molecular weight is 415 g/mol. The highest BCUT2D eigenvalue weighted by Gasteiger charge is 2.30. The molecule has 0 bridgehead atoms. The molecule has 0 spiro atoms. The molecule has 0 saturated carbocycles. The predicted octanol–water partition coefficient (Wildman–Crippen LogP) is 5.10. The molecule has 158 valence electrons. The van der Waals surface area contributed by atoms with Crippen molar-refractivity contribution in [2.45, 2.75) is 39.4 Å². The van der Waals surface area contributed by atoms with Crippen molar-refractivity contribution >= 4 is 5.91 Å². The van der Waals surface area contributed by atoms with Crippen molar-refractivity contribution in [3.63, 3.8) is 0 Å². The van der Waals surface area contributed by atoms with E-state index < -0.39 is 11.7 Å². The summed E-state index contributed by atoms with van der Waals surface area (Å²) in [4.78, 5) is 14.1. The quantitative estimate of drug-likeness (QED) is 0.562. The zero-order chi connectivity index (χ0) is 21.9. The summed E-state index contributed by atoms with van der Waals surface area (Å²) in [6, 6.07) is 14.7. The van der Waals surface area contributed by atoms with Crippen LogP contribution in [0.25, 0.3) is 5.69 Å². The summed E-state index contributed by atoms with van der Waals surface area (Å²) in [5.74, 6) is -0.0684. The molecule has 0 radical (unpaired) electrons. The minimum atomic E-state index is -4.36. The Kier molecular flexibility index (Phi) is 6.29. The number of hydrogen-bond acceptors (Lipinski definition) is 2. The third-order valence-corrected chi connectivity index (χ3v) is 5.16. The van der Waals surface area contributed by atoms with Crippen LogP contribution in [0.4, 0.5) is 13.2 Å². The summed E-state index contributed by atoms with van der Waals surface area (Å²) < 4.78 is 39.9. The summed E-state index contributed by atoms with van der Waals surface area (Å²) in [6.45, 7) is 4.18. The molecule has 4 nitrogen and oxygen atoms in total. The Morgan fingerprint density at radius 2 is 1.67 bits per heavy atom. The van der Waals surface area contributed by atoms with Crippen molar-refractivity contribution in [3.8, 4) is 5.69 Å². The minimum absolute atomic E-state index is 0.0684. The van der Waals surface area contributed by atoms with Gasteiger partial charge in [-0.3, -0.25) is 4.79 Å². The summed E-state index contributed by atoms with van der Waals surface area (Å²) in [5, 5.41) is 4.60. The van der Waals surface area contributed by atoms with E-state index >= 15 is 0 Å². The molecule has 0 aliphatic carbocycles. The van der Waals surface area contributed by atoms with Gasteiger partial charge in [-0.25, -0.2) is 4.68 Å². The number of carbonyl (C=O) groups excluding carboxylic acids is 1. The monoisotopic (exact) mass is 415 g/mol. The Hall–Kier alpha value is -3.09. The van der Waals surface area contributed by atoms with Gasteiger partial charge < -0.3 is 4.90 Å². The first-order valence-corrected chi connectivity index (χ1v) is 9.67. The van der Waals surface area contributed by atoms with Crippen LogP contribution < -0.4 is 0 Å². The Bertz CT molecular complexity index is 1010. The zero-order valence-electron chi connectivity index (χ0n) is 17.2. The van der Waals surface area contributed by atoms with E-state index in [9.17, 15) is 18.0 Å². The van der Waals surface area contributed by atoms with Gasteiger partial charge in [0.15, 0.2) is 0 Å². The van der Waals surface area contributed by atoms with E-state index in [1.807, 2.05) is 48.9 Å². The maximum absolute atomic E-state index is 12.7. The van der Waals surface area contributed by atoms with Crippen LogP contribution in [0.3, 0.4) is 0 Å². The van der Waals surface area contributed by atoms with Gasteiger partial charge in [-0.15, -0.1) is 0 Å². The van der Waals surface area contributed by atoms with Gasteiger partial charge in [0.05, 0.1) is 16.9 Å². The average Bonchev–Trinajstić information content (AvgIpc) is 3.00. The van der Waals surface area contributed by atoms with Gasteiger partial charge in [-0.05, 0) is 55.7 Å². The highest BCUT2D eigenvalue weighted by molar-refractivity contribution is 5.76. The van der Waals surface area contributed by atoms with Gasteiger partial charge in [-0.1, -0.05) is 30.3 Å². The lowest BCUT2D eigenvalue weighted by Gasteiger charge is -2.18. The van der Waals surface area contributed by atoms with Crippen molar-refractivity contribution in [3.05, 3.63) is 82.7 Å². The van der Waals surface area contributed by atoms with E-state index in [0.717, 1.165) is 34.8 Å². The van der Waals surface area contributed by atoms with Crippen molar-refractivity contribution in [1.29, 1.82) is 0 Å². The number of benzene rings is 2. The maximum Gasteiger partial charge on any atom is 0.416 e. The van der Waals surface area contributed by atoms with Crippen LogP contribution >= 0.6 is 0 Å². The molecule has 0 aliphatic rings. The molecule has 0 aliphatic heterocycles. The third-order valence-electron chi connectivity index (χ3n) is 5.16. The summed E-state index contributed by atoms with van der Waals surface area (Å²) in [5.41, 5.74) is 3.85. The fourth-order valence-corrected chi connectivity index (χ4v) is 3.44. The minimum Gasteiger partial charge on any atom is -0.341 e. The first-order valence-electron chi connectivity index (χ1n) is 9.67. The first-order chi connectivity index (χ1) is 14.2. The SMILES string of the molecule is Cc1nn(-c2ccccc2)c(C)c1CCC(=O)N(C)Cc1ccc(C(F)(F)F)cc1. The van der Waals surface area contributed by atoms with Crippen molar-refractivity contribution in [2.24, 2.45) is 0 Å². The van der Waals surface area contributed by atoms with Gasteiger partial charge >= 0.3 is 6.18 Å². The number of para-hydroxylation sites is 1. The van der Waals surface area contributed by atoms with E-state index in [1.54, 1.807) is 7.05 Å². The molecule has 1 aromatic heterocycles. The van der Waals surface area contributed by atoms with Crippen LogP contribution in [-0.2, 0) is 23.9 Å². The van der Waals surface area contributed by atoms with Gasteiger partial charge in [0.1, 0.15) is 0 Å². The number of aryl methyl sites for hydroxylation is 1. The Morgan fingerprint density at radius 3 is 2.27 bits per heavy atom. The number of amides is 1. The molecule has 7 heteroatoms. The number of alkyl halides is 3. The molecular weight excluding hydrogens is 391 g/mol.